The van der Waals surface area contributed by atoms with Crippen LogP contribution in [-0.2, 0) is 14.4 Å². The highest BCUT2D eigenvalue weighted by atomic mass is 16.7. The molecule has 0 unspecified atom stereocenters. The molecule has 1 N–H and O–H groups in total. The van der Waals surface area contributed by atoms with Gasteiger partial charge in [-0.15, -0.1) is 0 Å². The maximum absolute atomic E-state index is 11.9. The third-order valence-corrected chi connectivity index (χ3v) is 3.85. The van der Waals surface area contributed by atoms with Gasteiger partial charge in [-0.25, -0.2) is 4.79 Å². The zero-order valence-corrected chi connectivity index (χ0v) is 13.6. The summed E-state index contributed by atoms with van der Waals surface area (Å²) in [5.74, 6) is -0.514. The minimum atomic E-state index is -0.980. The van der Waals surface area contributed by atoms with Crippen LogP contribution in [0.2, 0.25) is 0 Å². The number of aliphatic hydroxyl groups is 1. The Morgan fingerprint density at radius 2 is 1.75 bits per heavy atom. The number of hydrogen-bond acceptors (Lipinski definition) is 5. The van der Waals surface area contributed by atoms with Gasteiger partial charge < -0.3 is 9.84 Å². The van der Waals surface area contributed by atoms with Gasteiger partial charge >= 0.3 is 5.97 Å². The quantitative estimate of drug-likeness (QED) is 0.786. The topological polar surface area (TPSA) is 59.0 Å². The average Bonchev–Trinajstić information content (AvgIpc) is 2.26. The van der Waals surface area contributed by atoms with Gasteiger partial charge in [0.15, 0.2) is 0 Å². The number of rotatable bonds is 5. The minimum Gasteiger partial charge on any atom is -0.464 e. The van der Waals surface area contributed by atoms with E-state index in [2.05, 4.69) is 27.7 Å². The van der Waals surface area contributed by atoms with Crippen molar-refractivity contribution in [3.63, 3.8) is 0 Å². The monoisotopic (exact) mass is 287 g/mol. The van der Waals surface area contributed by atoms with Gasteiger partial charge in [-0.3, -0.25) is 4.84 Å². The van der Waals surface area contributed by atoms with E-state index < -0.39 is 18.2 Å². The Morgan fingerprint density at radius 3 is 2.15 bits per heavy atom. The molecule has 0 aliphatic carbocycles. The number of carbonyl (C=O) groups is 1. The van der Waals surface area contributed by atoms with Crippen molar-refractivity contribution in [3.05, 3.63) is 0 Å². The van der Waals surface area contributed by atoms with Gasteiger partial charge in [-0.05, 0) is 60.8 Å². The Balaban J connectivity index is 2.92. The molecule has 0 aromatic rings. The van der Waals surface area contributed by atoms with Gasteiger partial charge in [0, 0.05) is 11.1 Å². The summed E-state index contributed by atoms with van der Waals surface area (Å²) in [6.07, 6.45) is 1.21. The summed E-state index contributed by atoms with van der Waals surface area (Å²) in [7, 11) is 0. The van der Waals surface area contributed by atoms with Crippen molar-refractivity contribution in [3.8, 4) is 0 Å². The Hall–Kier alpha value is -0.650. The maximum atomic E-state index is 11.9. The first-order chi connectivity index (χ1) is 9.12. The normalized spacial score (nSPS) is 24.9. The summed E-state index contributed by atoms with van der Waals surface area (Å²) >= 11 is 0. The van der Waals surface area contributed by atoms with E-state index in [9.17, 15) is 9.90 Å². The van der Waals surface area contributed by atoms with Gasteiger partial charge in [0.25, 0.3) is 0 Å². The fourth-order valence-electron chi connectivity index (χ4n) is 2.93. The third-order valence-electron chi connectivity index (χ3n) is 3.85. The molecule has 0 aromatic carbocycles. The number of nitrogens with zero attached hydrogens (tertiary/aromatic N) is 1. The molecule has 0 aromatic heterocycles. The molecule has 0 amide bonds. The molecule has 20 heavy (non-hydrogen) atoms. The van der Waals surface area contributed by atoms with Crippen LogP contribution in [0.25, 0.3) is 0 Å². The Bertz CT molecular complexity index is 323. The summed E-state index contributed by atoms with van der Waals surface area (Å²) in [5, 5.41) is 11.7. The van der Waals surface area contributed by atoms with Crippen molar-refractivity contribution in [2.45, 2.75) is 84.1 Å². The van der Waals surface area contributed by atoms with Crippen LogP contribution in [0, 0.1) is 0 Å². The number of hydrogen-bond donors (Lipinski definition) is 1. The molecule has 5 heteroatoms. The Kier molecular flexibility index (Phi) is 5.58. The molecule has 1 aliphatic rings. The molecule has 1 saturated heterocycles. The first-order valence-corrected chi connectivity index (χ1v) is 7.43. The summed E-state index contributed by atoms with van der Waals surface area (Å²) in [4.78, 5) is 17.9. The first kappa shape index (κ1) is 17.4. The SMILES string of the molecule is CCOC(=O)[C@@H](ON1C(C)(C)CCCC1(C)C)[C@@H](C)O. The Labute approximate surface area is 122 Å². The molecular formula is C15H29NO4. The summed E-state index contributed by atoms with van der Waals surface area (Å²) < 4.78 is 4.99. The fourth-order valence-corrected chi connectivity index (χ4v) is 2.93. The van der Waals surface area contributed by atoms with Crippen molar-refractivity contribution in [2.24, 2.45) is 0 Å². The molecular weight excluding hydrogens is 258 g/mol. The van der Waals surface area contributed by atoms with Crippen LogP contribution in [0.5, 0.6) is 0 Å². The van der Waals surface area contributed by atoms with Crippen molar-refractivity contribution < 1.29 is 19.5 Å². The van der Waals surface area contributed by atoms with E-state index in [0.717, 1.165) is 19.3 Å². The highest BCUT2D eigenvalue weighted by Gasteiger charge is 2.45. The highest BCUT2D eigenvalue weighted by molar-refractivity contribution is 5.75. The second-order valence-electron chi connectivity index (χ2n) is 6.79. The average molecular weight is 287 g/mol. The highest BCUT2D eigenvalue weighted by Crippen LogP contribution is 2.39. The number of aliphatic hydroxyl groups excluding tert-OH is 1. The molecule has 0 saturated carbocycles. The van der Waals surface area contributed by atoms with Crippen LogP contribution >= 0.6 is 0 Å². The van der Waals surface area contributed by atoms with E-state index in [0.29, 0.717) is 0 Å². The summed E-state index contributed by atoms with van der Waals surface area (Å²) in [6, 6.07) is 0. The van der Waals surface area contributed by atoms with Crippen LogP contribution < -0.4 is 0 Å². The maximum Gasteiger partial charge on any atom is 0.340 e. The van der Waals surface area contributed by atoms with Crippen LogP contribution in [-0.4, -0.2) is 46.0 Å². The lowest BCUT2D eigenvalue weighted by atomic mass is 9.82. The molecule has 1 rings (SSSR count). The van der Waals surface area contributed by atoms with Crippen LogP contribution in [0.15, 0.2) is 0 Å². The summed E-state index contributed by atoms with van der Waals surface area (Å²) in [5.41, 5.74) is -0.358. The molecule has 118 valence electrons. The molecule has 2 atom stereocenters. The molecule has 0 bridgehead atoms. The van der Waals surface area contributed by atoms with Crippen molar-refractivity contribution in [2.75, 3.05) is 6.61 Å². The smallest absolute Gasteiger partial charge is 0.340 e. The number of hydroxylamine groups is 2. The van der Waals surface area contributed by atoms with E-state index in [-0.39, 0.29) is 17.7 Å². The number of piperidine rings is 1. The van der Waals surface area contributed by atoms with Gasteiger partial charge in [-0.1, -0.05) is 0 Å². The van der Waals surface area contributed by atoms with E-state index >= 15 is 0 Å². The lowest BCUT2D eigenvalue weighted by molar-refractivity contribution is -0.312. The zero-order valence-electron chi connectivity index (χ0n) is 13.6. The van der Waals surface area contributed by atoms with Gasteiger partial charge in [0.05, 0.1) is 12.7 Å². The van der Waals surface area contributed by atoms with Crippen LogP contribution in [0.1, 0.15) is 60.8 Å². The predicted octanol–water partition coefficient (Wildman–Crippen LogP) is 2.27. The minimum absolute atomic E-state index is 0.179. The second kappa shape index (κ2) is 6.41. The van der Waals surface area contributed by atoms with Crippen molar-refractivity contribution in [1.29, 1.82) is 0 Å². The molecule has 1 aliphatic heterocycles. The molecule has 1 fully saturated rings. The van der Waals surface area contributed by atoms with E-state index in [1.165, 1.54) is 0 Å². The predicted molar refractivity (Wildman–Crippen MR) is 77.0 cm³/mol. The number of carbonyl (C=O) groups excluding carboxylic acids is 1. The molecule has 0 radical (unpaired) electrons. The fraction of sp³-hybridized carbons (Fsp3) is 0.933. The second-order valence-corrected chi connectivity index (χ2v) is 6.79. The van der Waals surface area contributed by atoms with E-state index in [1.807, 2.05) is 5.06 Å². The van der Waals surface area contributed by atoms with Crippen LogP contribution in [0.4, 0.5) is 0 Å². The van der Waals surface area contributed by atoms with E-state index in [1.54, 1.807) is 13.8 Å². The number of esters is 1. The molecule has 1 heterocycles. The largest absolute Gasteiger partial charge is 0.464 e. The number of ether oxygens (including phenoxy) is 1. The van der Waals surface area contributed by atoms with Gasteiger partial charge in [-0.2, -0.15) is 5.06 Å². The molecule has 0 spiro atoms. The Morgan fingerprint density at radius 1 is 1.25 bits per heavy atom. The van der Waals surface area contributed by atoms with Gasteiger partial charge in [0.2, 0.25) is 6.10 Å². The third kappa shape index (κ3) is 3.93. The van der Waals surface area contributed by atoms with Gasteiger partial charge in [0.1, 0.15) is 0 Å². The molecule has 5 nitrogen and oxygen atoms in total. The zero-order chi connectivity index (χ0) is 15.6. The standard InChI is InChI=1S/C15H29NO4/c1-7-19-13(18)12(11(2)17)20-16-14(3,4)9-8-10-15(16,5)6/h11-12,17H,7-10H2,1-6H3/t11-,12+/m1/s1. The van der Waals surface area contributed by atoms with Crippen molar-refractivity contribution >= 4 is 5.97 Å². The van der Waals surface area contributed by atoms with Crippen molar-refractivity contribution in [1.82, 2.24) is 5.06 Å². The van der Waals surface area contributed by atoms with Crippen LogP contribution in [0.3, 0.4) is 0 Å². The summed E-state index contributed by atoms with van der Waals surface area (Å²) in [6.45, 7) is 11.9. The lowest BCUT2D eigenvalue weighted by Crippen LogP contribution is -2.61. The lowest BCUT2D eigenvalue weighted by Gasteiger charge is -2.52. The van der Waals surface area contributed by atoms with E-state index in [4.69, 9.17) is 9.57 Å². The first-order valence-electron chi connectivity index (χ1n) is 7.43.